The zero-order valence-corrected chi connectivity index (χ0v) is 8.52. The molecule has 1 N–H and O–H groups in total. The van der Waals surface area contributed by atoms with Crippen molar-refractivity contribution < 1.29 is 18.7 Å². The van der Waals surface area contributed by atoms with Gasteiger partial charge < -0.3 is 5.11 Å². The van der Waals surface area contributed by atoms with Gasteiger partial charge in [-0.3, -0.25) is 4.79 Å². The van der Waals surface area contributed by atoms with Crippen molar-refractivity contribution in [3.8, 4) is 17.0 Å². The number of aromatic nitrogens is 1. The van der Waals surface area contributed by atoms with Crippen LogP contribution in [0.4, 0.5) is 8.78 Å². The number of nitrogens with zero attached hydrogens (tertiary/aromatic N) is 1. The van der Waals surface area contributed by atoms with Crippen LogP contribution in [0, 0.1) is 11.6 Å². The Kier molecular flexibility index (Phi) is 2.82. The van der Waals surface area contributed by atoms with E-state index < -0.39 is 17.3 Å². The van der Waals surface area contributed by atoms with Crippen molar-refractivity contribution in [2.75, 3.05) is 0 Å². The number of benzene rings is 1. The normalized spacial score (nSPS) is 10.2. The molecule has 5 heteroatoms. The minimum absolute atomic E-state index is 0.00750. The summed E-state index contributed by atoms with van der Waals surface area (Å²) in [5, 5.41) is 9.24. The zero-order valence-electron chi connectivity index (χ0n) is 8.52. The van der Waals surface area contributed by atoms with E-state index in [1.807, 2.05) is 0 Å². The quantitative estimate of drug-likeness (QED) is 0.814. The topological polar surface area (TPSA) is 50.2 Å². The van der Waals surface area contributed by atoms with Gasteiger partial charge in [0.05, 0.1) is 5.69 Å². The molecule has 86 valence electrons. The number of hydrogen-bond donors (Lipinski definition) is 1. The fourth-order valence-electron chi connectivity index (χ4n) is 1.40. The van der Waals surface area contributed by atoms with Crippen molar-refractivity contribution in [3.05, 3.63) is 47.7 Å². The number of rotatable bonds is 2. The molecular formula is C12H7F2NO2. The summed E-state index contributed by atoms with van der Waals surface area (Å²) in [4.78, 5) is 14.2. The minimum atomic E-state index is -0.774. The first-order valence-corrected chi connectivity index (χ1v) is 4.72. The number of carbonyl (C=O) groups excluding carboxylic acids is 1. The van der Waals surface area contributed by atoms with E-state index in [-0.39, 0.29) is 23.3 Å². The number of phenolic OH excluding ortho intramolecular Hbond substituents is 1. The van der Waals surface area contributed by atoms with Crippen LogP contribution in [0.1, 0.15) is 10.5 Å². The van der Waals surface area contributed by atoms with Gasteiger partial charge >= 0.3 is 0 Å². The molecule has 3 nitrogen and oxygen atoms in total. The highest BCUT2D eigenvalue weighted by atomic mass is 19.1. The highest BCUT2D eigenvalue weighted by Crippen LogP contribution is 2.25. The number of aromatic hydroxyl groups is 1. The van der Waals surface area contributed by atoms with Gasteiger partial charge in [0.15, 0.2) is 12.1 Å². The van der Waals surface area contributed by atoms with Crippen LogP contribution in [0.3, 0.4) is 0 Å². The SMILES string of the molecule is O=Cc1nc(-c2cc(O)ccc2F)ccc1F. The van der Waals surface area contributed by atoms with Gasteiger partial charge in [-0.05, 0) is 30.3 Å². The lowest BCUT2D eigenvalue weighted by molar-refractivity contribution is 0.111. The molecule has 0 aliphatic rings. The first kappa shape index (κ1) is 11.2. The molecule has 0 aliphatic heterocycles. The molecular weight excluding hydrogens is 228 g/mol. The predicted octanol–water partition coefficient (Wildman–Crippen LogP) is 2.54. The maximum Gasteiger partial charge on any atom is 0.171 e. The van der Waals surface area contributed by atoms with Gasteiger partial charge in [0.25, 0.3) is 0 Å². The second-order valence-electron chi connectivity index (χ2n) is 3.35. The molecule has 2 rings (SSSR count). The summed E-state index contributed by atoms with van der Waals surface area (Å²) in [7, 11) is 0. The second-order valence-corrected chi connectivity index (χ2v) is 3.35. The Morgan fingerprint density at radius 2 is 1.82 bits per heavy atom. The highest BCUT2D eigenvalue weighted by Gasteiger charge is 2.10. The van der Waals surface area contributed by atoms with Crippen molar-refractivity contribution in [1.82, 2.24) is 4.98 Å². The molecule has 0 atom stereocenters. The summed E-state index contributed by atoms with van der Waals surface area (Å²) < 4.78 is 26.5. The zero-order chi connectivity index (χ0) is 12.4. The third-order valence-electron chi connectivity index (χ3n) is 2.21. The summed E-state index contributed by atoms with van der Waals surface area (Å²) in [5.41, 5.74) is -0.305. The van der Waals surface area contributed by atoms with Crippen LogP contribution in [-0.2, 0) is 0 Å². The largest absolute Gasteiger partial charge is 0.508 e. The van der Waals surface area contributed by atoms with E-state index in [2.05, 4.69) is 4.98 Å². The fourth-order valence-corrected chi connectivity index (χ4v) is 1.40. The molecule has 0 saturated heterocycles. The van der Waals surface area contributed by atoms with Crippen molar-refractivity contribution in [2.45, 2.75) is 0 Å². The van der Waals surface area contributed by atoms with Crippen LogP contribution in [0.25, 0.3) is 11.3 Å². The monoisotopic (exact) mass is 235 g/mol. The Morgan fingerprint density at radius 1 is 1.12 bits per heavy atom. The molecule has 0 amide bonds. The van der Waals surface area contributed by atoms with Crippen molar-refractivity contribution in [1.29, 1.82) is 0 Å². The van der Waals surface area contributed by atoms with E-state index in [0.29, 0.717) is 0 Å². The summed E-state index contributed by atoms with van der Waals surface area (Å²) in [6.07, 6.45) is 0.250. The molecule has 0 bridgehead atoms. The van der Waals surface area contributed by atoms with E-state index in [4.69, 9.17) is 0 Å². The lowest BCUT2D eigenvalue weighted by atomic mass is 10.1. The van der Waals surface area contributed by atoms with Crippen molar-refractivity contribution in [2.24, 2.45) is 0 Å². The Labute approximate surface area is 95.4 Å². The molecule has 1 aromatic carbocycles. The summed E-state index contributed by atoms with van der Waals surface area (Å²) in [6.45, 7) is 0. The molecule has 0 spiro atoms. The van der Waals surface area contributed by atoms with Gasteiger partial charge in [0.1, 0.15) is 17.3 Å². The van der Waals surface area contributed by atoms with E-state index >= 15 is 0 Å². The number of aldehydes is 1. The van der Waals surface area contributed by atoms with Gasteiger partial charge in [-0.25, -0.2) is 13.8 Å². The molecule has 0 fully saturated rings. The molecule has 0 unspecified atom stereocenters. The van der Waals surface area contributed by atoms with Crippen LogP contribution in [0.5, 0.6) is 5.75 Å². The predicted molar refractivity (Wildman–Crippen MR) is 56.6 cm³/mol. The Hall–Kier alpha value is -2.30. The lowest BCUT2D eigenvalue weighted by Crippen LogP contribution is -1.96. The van der Waals surface area contributed by atoms with Crippen LogP contribution in [0.2, 0.25) is 0 Å². The third-order valence-corrected chi connectivity index (χ3v) is 2.21. The molecule has 0 aliphatic carbocycles. The number of halogens is 2. The van der Waals surface area contributed by atoms with Gasteiger partial charge in [-0.1, -0.05) is 0 Å². The highest BCUT2D eigenvalue weighted by molar-refractivity contribution is 5.74. The molecule has 0 radical (unpaired) electrons. The minimum Gasteiger partial charge on any atom is -0.508 e. The Morgan fingerprint density at radius 3 is 2.53 bits per heavy atom. The van der Waals surface area contributed by atoms with Gasteiger partial charge in [0, 0.05) is 5.56 Å². The summed E-state index contributed by atoms with van der Waals surface area (Å²) in [5.74, 6) is -1.52. The standard InChI is InChI=1S/C12H7F2NO2/c13-9-2-1-7(17)5-8(9)11-4-3-10(14)12(6-16)15-11/h1-6,17H. The molecule has 0 saturated carbocycles. The first-order valence-electron chi connectivity index (χ1n) is 4.72. The lowest BCUT2D eigenvalue weighted by Gasteiger charge is -2.04. The Bertz CT molecular complexity index is 585. The molecule has 17 heavy (non-hydrogen) atoms. The maximum atomic E-state index is 13.5. The second kappa shape index (κ2) is 4.29. The Balaban J connectivity index is 2.60. The fraction of sp³-hybridized carbons (Fsp3) is 0. The van der Waals surface area contributed by atoms with E-state index in [0.717, 1.165) is 18.2 Å². The van der Waals surface area contributed by atoms with E-state index in [9.17, 15) is 18.7 Å². The number of pyridine rings is 1. The number of phenols is 1. The van der Waals surface area contributed by atoms with Gasteiger partial charge in [0.2, 0.25) is 0 Å². The van der Waals surface area contributed by atoms with Crippen LogP contribution >= 0.6 is 0 Å². The first-order chi connectivity index (χ1) is 8.11. The molecule has 1 aromatic heterocycles. The van der Waals surface area contributed by atoms with Gasteiger partial charge in [-0.2, -0.15) is 0 Å². The summed E-state index contributed by atoms with van der Waals surface area (Å²) in [6, 6.07) is 5.67. The maximum absolute atomic E-state index is 13.5. The van der Waals surface area contributed by atoms with E-state index in [1.165, 1.54) is 12.1 Å². The van der Waals surface area contributed by atoms with Crippen molar-refractivity contribution in [3.63, 3.8) is 0 Å². The average Bonchev–Trinajstić information content (AvgIpc) is 2.33. The summed E-state index contributed by atoms with van der Waals surface area (Å²) >= 11 is 0. The van der Waals surface area contributed by atoms with Gasteiger partial charge in [-0.15, -0.1) is 0 Å². The average molecular weight is 235 g/mol. The number of hydrogen-bond acceptors (Lipinski definition) is 3. The molecule has 2 aromatic rings. The number of carbonyl (C=O) groups is 1. The third kappa shape index (κ3) is 2.13. The van der Waals surface area contributed by atoms with Crippen LogP contribution in [-0.4, -0.2) is 16.4 Å². The smallest absolute Gasteiger partial charge is 0.171 e. The molecule has 1 heterocycles. The van der Waals surface area contributed by atoms with Crippen molar-refractivity contribution >= 4 is 6.29 Å². The van der Waals surface area contributed by atoms with E-state index in [1.54, 1.807) is 0 Å². The van der Waals surface area contributed by atoms with Crippen LogP contribution in [0.15, 0.2) is 30.3 Å². The van der Waals surface area contributed by atoms with Crippen LogP contribution < -0.4 is 0 Å².